The molecule has 0 unspecified atom stereocenters. The molecule has 3 aromatic rings. The van der Waals surface area contributed by atoms with Crippen molar-refractivity contribution < 1.29 is 14.3 Å². The second-order valence-electron chi connectivity index (χ2n) is 10.5. The summed E-state index contributed by atoms with van der Waals surface area (Å²) in [6.45, 7) is 19.4. The van der Waals surface area contributed by atoms with Crippen LogP contribution in [0, 0.1) is 0 Å². The summed E-state index contributed by atoms with van der Waals surface area (Å²) >= 11 is 0. The summed E-state index contributed by atoms with van der Waals surface area (Å²) < 4.78 is 12.4. The SMILES string of the molecule is C=C(C)C(=O)OCCN1Cc2ccccc2C12c1ccc(N(CC)CC)cc1Oc1cc(N(CC)CC)ccc12. The van der Waals surface area contributed by atoms with Gasteiger partial charge in [0, 0.05) is 79.5 Å². The summed E-state index contributed by atoms with van der Waals surface area (Å²) in [5.74, 6) is 1.38. The number of carbonyl (C=O) groups is 1. The van der Waals surface area contributed by atoms with Gasteiger partial charge in [-0.1, -0.05) is 43.0 Å². The molecular formula is C34H41N3O3. The molecule has 0 saturated carbocycles. The molecule has 5 rings (SSSR count). The summed E-state index contributed by atoms with van der Waals surface area (Å²) in [6, 6.07) is 22.0. The quantitative estimate of drug-likeness (QED) is 0.211. The third kappa shape index (κ3) is 4.54. The van der Waals surface area contributed by atoms with E-state index < -0.39 is 5.54 Å². The first kappa shape index (κ1) is 27.8. The summed E-state index contributed by atoms with van der Waals surface area (Å²) in [7, 11) is 0. The molecule has 2 aliphatic heterocycles. The molecule has 0 saturated heterocycles. The number of anilines is 2. The molecule has 0 aliphatic carbocycles. The van der Waals surface area contributed by atoms with Crippen molar-refractivity contribution in [2.24, 2.45) is 0 Å². The molecule has 0 amide bonds. The zero-order valence-corrected chi connectivity index (χ0v) is 24.5. The molecule has 0 bridgehead atoms. The maximum Gasteiger partial charge on any atom is 0.333 e. The minimum Gasteiger partial charge on any atom is -0.461 e. The van der Waals surface area contributed by atoms with Crippen molar-refractivity contribution in [1.82, 2.24) is 4.90 Å². The molecular weight excluding hydrogens is 498 g/mol. The van der Waals surface area contributed by atoms with E-state index in [4.69, 9.17) is 9.47 Å². The second kappa shape index (κ2) is 11.4. The Kier molecular flexibility index (Phi) is 7.90. The number of ether oxygens (including phenoxy) is 2. The minimum atomic E-state index is -0.571. The van der Waals surface area contributed by atoms with Crippen LogP contribution in [0.4, 0.5) is 11.4 Å². The van der Waals surface area contributed by atoms with Crippen LogP contribution in [0.15, 0.2) is 72.8 Å². The highest BCUT2D eigenvalue weighted by Gasteiger charge is 2.52. The van der Waals surface area contributed by atoms with E-state index in [1.165, 1.54) is 11.1 Å². The lowest BCUT2D eigenvalue weighted by Crippen LogP contribution is -2.46. The van der Waals surface area contributed by atoms with Crippen LogP contribution in [0.1, 0.15) is 56.9 Å². The summed E-state index contributed by atoms with van der Waals surface area (Å²) in [4.78, 5) is 19.4. The molecule has 2 heterocycles. The van der Waals surface area contributed by atoms with Gasteiger partial charge < -0.3 is 19.3 Å². The first-order valence-corrected chi connectivity index (χ1v) is 14.5. The first-order chi connectivity index (χ1) is 19.4. The van der Waals surface area contributed by atoms with Crippen molar-refractivity contribution >= 4 is 17.3 Å². The lowest BCUT2D eigenvalue weighted by Gasteiger charge is -2.45. The molecule has 0 N–H and O–H groups in total. The highest BCUT2D eigenvalue weighted by molar-refractivity contribution is 5.86. The van der Waals surface area contributed by atoms with E-state index in [1.807, 2.05) is 0 Å². The van der Waals surface area contributed by atoms with Crippen LogP contribution < -0.4 is 14.5 Å². The third-order valence-corrected chi connectivity index (χ3v) is 8.37. The zero-order chi connectivity index (χ0) is 28.4. The zero-order valence-electron chi connectivity index (χ0n) is 24.5. The van der Waals surface area contributed by atoms with E-state index in [0.717, 1.165) is 66.7 Å². The molecule has 1 spiro atoms. The predicted octanol–water partition coefficient (Wildman–Crippen LogP) is 6.71. The Morgan fingerprint density at radius 1 is 0.875 bits per heavy atom. The Labute approximate surface area is 238 Å². The number of hydrogen-bond donors (Lipinski definition) is 0. The van der Waals surface area contributed by atoms with Gasteiger partial charge in [0.2, 0.25) is 0 Å². The van der Waals surface area contributed by atoms with Gasteiger partial charge in [0.15, 0.2) is 0 Å². The van der Waals surface area contributed by atoms with Gasteiger partial charge in [0.1, 0.15) is 23.6 Å². The van der Waals surface area contributed by atoms with Crippen molar-refractivity contribution in [3.8, 4) is 11.5 Å². The smallest absolute Gasteiger partial charge is 0.333 e. The molecule has 3 aromatic carbocycles. The average molecular weight is 540 g/mol. The minimum absolute atomic E-state index is 0.280. The number of carbonyl (C=O) groups excluding carboxylic acids is 1. The second-order valence-corrected chi connectivity index (χ2v) is 10.5. The largest absolute Gasteiger partial charge is 0.461 e. The van der Waals surface area contributed by atoms with E-state index in [0.29, 0.717) is 12.1 Å². The van der Waals surface area contributed by atoms with Crippen LogP contribution in [0.3, 0.4) is 0 Å². The number of esters is 1. The van der Waals surface area contributed by atoms with Gasteiger partial charge >= 0.3 is 5.97 Å². The van der Waals surface area contributed by atoms with Crippen LogP contribution in [-0.4, -0.2) is 50.2 Å². The molecule has 0 aromatic heterocycles. The van der Waals surface area contributed by atoms with Crippen molar-refractivity contribution in [3.05, 3.63) is 95.1 Å². The van der Waals surface area contributed by atoms with Crippen molar-refractivity contribution in [2.75, 3.05) is 49.1 Å². The fourth-order valence-electron chi connectivity index (χ4n) is 6.38. The maximum atomic E-state index is 12.2. The maximum absolute atomic E-state index is 12.2. The molecule has 6 nitrogen and oxygen atoms in total. The Hall–Kier alpha value is -3.77. The lowest BCUT2D eigenvalue weighted by atomic mass is 9.74. The Balaban J connectivity index is 1.71. The highest BCUT2D eigenvalue weighted by Crippen LogP contribution is 2.58. The fraction of sp³-hybridized carbons (Fsp3) is 0.382. The van der Waals surface area contributed by atoms with Gasteiger partial charge in [-0.25, -0.2) is 4.79 Å². The van der Waals surface area contributed by atoms with E-state index in [1.54, 1.807) is 6.92 Å². The first-order valence-electron chi connectivity index (χ1n) is 14.5. The summed E-state index contributed by atoms with van der Waals surface area (Å²) in [6.07, 6.45) is 0. The molecule has 40 heavy (non-hydrogen) atoms. The average Bonchev–Trinajstić information content (AvgIpc) is 3.28. The lowest BCUT2D eigenvalue weighted by molar-refractivity contribution is -0.139. The van der Waals surface area contributed by atoms with Gasteiger partial charge in [0.25, 0.3) is 0 Å². The monoisotopic (exact) mass is 539 g/mol. The fourth-order valence-corrected chi connectivity index (χ4v) is 6.38. The third-order valence-electron chi connectivity index (χ3n) is 8.37. The Morgan fingerprint density at radius 3 is 1.95 bits per heavy atom. The highest BCUT2D eigenvalue weighted by atomic mass is 16.5. The topological polar surface area (TPSA) is 45.3 Å². The van der Waals surface area contributed by atoms with Crippen LogP contribution >= 0.6 is 0 Å². The van der Waals surface area contributed by atoms with Crippen LogP contribution in [0.2, 0.25) is 0 Å². The van der Waals surface area contributed by atoms with Gasteiger partial charge in [-0.05, 0) is 57.9 Å². The van der Waals surface area contributed by atoms with Crippen molar-refractivity contribution in [1.29, 1.82) is 0 Å². The number of nitrogens with zero attached hydrogens (tertiary/aromatic N) is 3. The van der Waals surface area contributed by atoms with Crippen molar-refractivity contribution in [2.45, 2.75) is 46.7 Å². The van der Waals surface area contributed by atoms with Gasteiger partial charge in [-0.3, -0.25) is 4.90 Å². The molecule has 2 aliphatic rings. The number of hydrogen-bond acceptors (Lipinski definition) is 6. The van der Waals surface area contributed by atoms with Crippen LogP contribution in [0.25, 0.3) is 0 Å². The summed E-state index contributed by atoms with van der Waals surface area (Å²) in [5.41, 5.74) is 6.88. The normalized spacial score (nSPS) is 14.6. The Bertz CT molecular complexity index is 1350. The molecule has 0 fully saturated rings. The number of fused-ring (bicyclic) bond motifs is 6. The van der Waals surface area contributed by atoms with Crippen LogP contribution in [-0.2, 0) is 21.6 Å². The van der Waals surface area contributed by atoms with Crippen molar-refractivity contribution in [3.63, 3.8) is 0 Å². The van der Waals surface area contributed by atoms with Gasteiger partial charge in [-0.2, -0.15) is 0 Å². The Morgan fingerprint density at radius 2 is 1.43 bits per heavy atom. The number of benzene rings is 3. The molecule has 210 valence electrons. The van der Waals surface area contributed by atoms with Crippen LogP contribution in [0.5, 0.6) is 11.5 Å². The van der Waals surface area contributed by atoms with E-state index in [9.17, 15) is 4.79 Å². The number of rotatable bonds is 10. The molecule has 0 atom stereocenters. The van der Waals surface area contributed by atoms with E-state index in [2.05, 4.69) is 110 Å². The van der Waals surface area contributed by atoms with Gasteiger partial charge in [-0.15, -0.1) is 0 Å². The summed E-state index contributed by atoms with van der Waals surface area (Å²) in [5, 5.41) is 0. The van der Waals surface area contributed by atoms with E-state index in [-0.39, 0.29) is 12.6 Å². The van der Waals surface area contributed by atoms with Gasteiger partial charge in [0.05, 0.1) is 0 Å². The standard InChI is InChI=1S/C34H41N3O3/c1-7-35(8-2)26-15-17-29-31(21-26)40-32-22-27(36(9-3)10-4)16-18-30(32)34(29)28-14-12-11-13-25(28)23-37(34)19-20-39-33(38)24(5)6/h11-18,21-22H,5,7-10,19-20,23H2,1-4,6H3. The molecule has 6 heteroatoms. The predicted molar refractivity (Wildman–Crippen MR) is 163 cm³/mol. The van der Waals surface area contributed by atoms with E-state index >= 15 is 0 Å². The molecule has 0 radical (unpaired) electrons.